The molecule has 0 aromatic rings. The van der Waals surface area contributed by atoms with Crippen molar-refractivity contribution in [2.45, 2.75) is 129 Å². The van der Waals surface area contributed by atoms with Crippen molar-refractivity contribution in [2.24, 2.45) is 5.92 Å². The third-order valence-electron chi connectivity index (χ3n) is 6.23. The molecule has 2 atom stereocenters. The molecule has 0 amide bonds. The first kappa shape index (κ1) is 25.7. The molecular weight excluding hydrogens is 336 g/mol. The fraction of sp³-hybridized carbons (Fsp3) is 0.957. The van der Waals surface area contributed by atoms with Gasteiger partial charge in [-0.1, -0.05) is 105 Å². The van der Waals surface area contributed by atoms with Crippen LogP contribution in [-0.2, 0) is 9.53 Å². The van der Waals surface area contributed by atoms with Crippen LogP contribution in [0.3, 0.4) is 0 Å². The van der Waals surface area contributed by atoms with Gasteiger partial charge in [0.15, 0.2) is 0 Å². The molecule has 0 spiro atoms. The van der Waals surface area contributed by atoms with Crippen LogP contribution in [0.1, 0.15) is 124 Å². The average molecular weight is 385 g/mol. The normalized spacial score (nSPS) is 14.9. The van der Waals surface area contributed by atoms with Crippen LogP contribution >= 0.6 is 0 Å². The molecule has 0 heterocycles. The molecule has 0 aliphatic carbocycles. The van der Waals surface area contributed by atoms with Gasteiger partial charge in [0, 0.05) is 10.2 Å². The molecule has 3 heteroatoms. The van der Waals surface area contributed by atoms with Crippen molar-refractivity contribution in [3.05, 3.63) is 0 Å². The van der Waals surface area contributed by atoms with Crippen molar-refractivity contribution < 1.29 is 9.53 Å². The first-order chi connectivity index (χ1) is 12.6. The maximum Gasteiger partial charge on any atom is 0.308 e. The lowest BCUT2D eigenvalue weighted by atomic mass is 9.82. The molecule has 0 aromatic heterocycles. The van der Waals surface area contributed by atoms with Crippen LogP contribution in [0, 0.1) is 5.92 Å². The van der Waals surface area contributed by atoms with E-state index in [1.807, 2.05) is 0 Å². The number of carbonyl (C=O) groups excluding carboxylic acids is 1. The fourth-order valence-corrected chi connectivity index (χ4v) is 4.80. The lowest BCUT2D eigenvalue weighted by Gasteiger charge is -2.34. The van der Waals surface area contributed by atoms with Crippen LogP contribution in [0.15, 0.2) is 0 Å². The van der Waals surface area contributed by atoms with E-state index < -0.39 is 0 Å². The summed E-state index contributed by atoms with van der Waals surface area (Å²) in [6.07, 6.45) is 18.7. The van der Waals surface area contributed by atoms with Gasteiger partial charge in [-0.25, -0.2) is 0 Å². The Morgan fingerprint density at radius 1 is 0.808 bits per heavy atom. The summed E-state index contributed by atoms with van der Waals surface area (Å²) in [5.41, 5.74) is 0. The molecule has 0 aliphatic rings. The topological polar surface area (TPSA) is 26.3 Å². The third kappa shape index (κ3) is 10.7. The maximum absolute atomic E-state index is 12.8. The van der Waals surface area contributed by atoms with Crippen LogP contribution < -0.4 is 0 Å². The summed E-state index contributed by atoms with van der Waals surface area (Å²) in [7, 11) is 0.912. The second-order valence-electron chi connectivity index (χ2n) is 8.34. The summed E-state index contributed by atoms with van der Waals surface area (Å²) in [6, 6.07) is 0. The molecule has 0 bridgehead atoms. The van der Waals surface area contributed by atoms with Gasteiger partial charge in [-0.05, 0) is 25.2 Å². The minimum atomic E-state index is -0.166. The standard InChI is InChI=1S/C23H48O2Si/c1-5-9-11-13-15-17-19-21(7-3)23(26,8-4)22(24)25-20-18-16-14-12-10-6-2/h21H,5-20H2,1-4,26H3. The second-order valence-corrected chi connectivity index (χ2v) is 10.1. The molecule has 0 radical (unpaired) electrons. The Morgan fingerprint density at radius 3 is 1.81 bits per heavy atom. The highest BCUT2D eigenvalue weighted by Crippen LogP contribution is 2.42. The van der Waals surface area contributed by atoms with Crippen LogP contribution in [0.25, 0.3) is 0 Å². The summed E-state index contributed by atoms with van der Waals surface area (Å²) in [4.78, 5) is 12.8. The quantitative estimate of drug-likeness (QED) is 0.151. The number of unbranched alkanes of at least 4 members (excludes halogenated alkanes) is 10. The van der Waals surface area contributed by atoms with E-state index in [2.05, 4.69) is 27.7 Å². The Labute approximate surface area is 167 Å². The van der Waals surface area contributed by atoms with Crippen molar-refractivity contribution >= 4 is 16.2 Å². The summed E-state index contributed by atoms with van der Waals surface area (Å²) in [5.74, 6) is 0.625. The van der Waals surface area contributed by atoms with Crippen LogP contribution in [0.2, 0.25) is 5.04 Å². The van der Waals surface area contributed by atoms with Crippen molar-refractivity contribution in [2.75, 3.05) is 6.61 Å². The van der Waals surface area contributed by atoms with E-state index in [0.29, 0.717) is 12.5 Å². The minimum Gasteiger partial charge on any atom is -0.466 e. The van der Waals surface area contributed by atoms with Crippen LogP contribution in [0.5, 0.6) is 0 Å². The highest BCUT2D eigenvalue weighted by molar-refractivity contribution is 6.27. The van der Waals surface area contributed by atoms with E-state index in [-0.39, 0.29) is 11.0 Å². The molecule has 0 fully saturated rings. The van der Waals surface area contributed by atoms with E-state index in [1.165, 1.54) is 77.0 Å². The number of hydrogen-bond donors (Lipinski definition) is 0. The molecule has 0 aromatic carbocycles. The van der Waals surface area contributed by atoms with Crippen molar-refractivity contribution in [1.82, 2.24) is 0 Å². The smallest absolute Gasteiger partial charge is 0.308 e. The predicted octanol–water partition coefficient (Wildman–Crippen LogP) is 6.60. The number of carbonyl (C=O) groups is 1. The first-order valence-electron chi connectivity index (χ1n) is 11.7. The van der Waals surface area contributed by atoms with Crippen LogP contribution in [0.4, 0.5) is 0 Å². The molecule has 2 nitrogen and oxygen atoms in total. The molecule has 0 saturated heterocycles. The van der Waals surface area contributed by atoms with E-state index in [1.54, 1.807) is 0 Å². The molecule has 26 heavy (non-hydrogen) atoms. The van der Waals surface area contributed by atoms with Gasteiger partial charge in [0.05, 0.1) is 11.6 Å². The average Bonchev–Trinajstić information content (AvgIpc) is 2.66. The number of rotatable bonds is 18. The van der Waals surface area contributed by atoms with Crippen molar-refractivity contribution in [3.8, 4) is 0 Å². The zero-order chi connectivity index (χ0) is 19.7. The molecule has 0 saturated carbocycles. The lowest BCUT2D eigenvalue weighted by molar-refractivity contribution is -0.149. The zero-order valence-electron chi connectivity index (χ0n) is 18.7. The van der Waals surface area contributed by atoms with Crippen molar-refractivity contribution in [1.29, 1.82) is 0 Å². The second kappa shape index (κ2) is 16.8. The minimum absolute atomic E-state index is 0.109. The van der Waals surface area contributed by atoms with Gasteiger partial charge in [-0.15, -0.1) is 0 Å². The molecular formula is C23H48O2Si. The van der Waals surface area contributed by atoms with E-state index in [0.717, 1.165) is 29.5 Å². The van der Waals surface area contributed by atoms with Gasteiger partial charge in [-0.2, -0.15) is 0 Å². The van der Waals surface area contributed by atoms with Crippen molar-refractivity contribution in [3.63, 3.8) is 0 Å². The zero-order valence-corrected chi connectivity index (χ0v) is 20.7. The number of esters is 1. The van der Waals surface area contributed by atoms with E-state index in [4.69, 9.17) is 4.74 Å². The number of ether oxygens (including phenoxy) is 1. The Kier molecular flexibility index (Phi) is 16.6. The first-order valence-corrected chi connectivity index (χ1v) is 12.7. The summed E-state index contributed by atoms with van der Waals surface area (Å²) in [6.45, 7) is 9.57. The van der Waals surface area contributed by atoms with E-state index >= 15 is 0 Å². The highest BCUT2D eigenvalue weighted by Gasteiger charge is 2.39. The molecule has 2 unspecified atom stereocenters. The molecule has 0 rings (SSSR count). The van der Waals surface area contributed by atoms with Gasteiger partial charge >= 0.3 is 5.97 Å². The Balaban J connectivity index is 4.21. The molecule has 156 valence electrons. The summed E-state index contributed by atoms with van der Waals surface area (Å²) >= 11 is 0. The van der Waals surface area contributed by atoms with E-state index in [9.17, 15) is 4.79 Å². The predicted molar refractivity (Wildman–Crippen MR) is 119 cm³/mol. The summed E-state index contributed by atoms with van der Waals surface area (Å²) < 4.78 is 5.74. The summed E-state index contributed by atoms with van der Waals surface area (Å²) in [5, 5.41) is -0.166. The Morgan fingerprint density at radius 2 is 1.31 bits per heavy atom. The van der Waals surface area contributed by atoms with Gasteiger partial charge < -0.3 is 4.74 Å². The monoisotopic (exact) mass is 384 g/mol. The fourth-order valence-electron chi connectivity index (χ4n) is 3.96. The Hall–Kier alpha value is -0.313. The lowest BCUT2D eigenvalue weighted by Crippen LogP contribution is -2.34. The SMILES string of the molecule is CCCCCCCCOC(=O)C([SiH3])(CC)C(CC)CCCCCCCC. The van der Waals surface area contributed by atoms with Crippen LogP contribution in [-0.4, -0.2) is 22.8 Å². The van der Waals surface area contributed by atoms with Gasteiger partial charge in [0.1, 0.15) is 0 Å². The third-order valence-corrected chi connectivity index (χ3v) is 8.16. The number of hydrogen-bond acceptors (Lipinski definition) is 2. The van der Waals surface area contributed by atoms with Gasteiger partial charge in [-0.3, -0.25) is 4.79 Å². The largest absolute Gasteiger partial charge is 0.466 e. The molecule has 0 N–H and O–H groups in total. The Bertz CT molecular complexity index is 332. The van der Waals surface area contributed by atoms with Gasteiger partial charge in [0.2, 0.25) is 0 Å². The highest BCUT2D eigenvalue weighted by atomic mass is 28.1. The molecule has 0 aliphatic heterocycles. The van der Waals surface area contributed by atoms with Gasteiger partial charge in [0.25, 0.3) is 0 Å². The maximum atomic E-state index is 12.8.